The minimum Gasteiger partial charge on any atom is -0.488 e. The first kappa shape index (κ1) is 14.2. The normalized spacial score (nSPS) is 10.2. The zero-order valence-corrected chi connectivity index (χ0v) is 12.9. The van der Waals surface area contributed by atoms with E-state index in [0.29, 0.717) is 22.9 Å². The zero-order chi connectivity index (χ0) is 13.8. The van der Waals surface area contributed by atoms with Crippen LogP contribution in [0.3, 0.4) is 0 Å². The molecule has 0 aliphatic heterocycles. The fraction of sp³-hybridized carbons (Fsp3) is 0.0769. The van der Waals surface area contributed by atoms with Crippen LogP contribution < -0.4 is 10.5 Å². The summed E-state index contributed by atoms with van der Waals surface area (Å²) in [6.07, 6.45) is 3.44. The van der Waals surface area contributed by atoms with E-state index in [-0.39, 0.29) is 4.99 Å². The summed E-state index contributed by atoms with van der Waals surface area (Å²) in [5.41, 5.74) is 7.25. The number of halogens is 2. The van der Waals surface area contributed by atoms with Gasteiger partial charge in [-0.15, -0.1) is 0 Å². The van der Waals surface area contributed by atoms with Gasteiger partial charge in [-0.05, 0) is 40.2 Å². The Balaban J connectivity index is 2.19. The molecule has 0 aliphatic carbocycles. The van der Waals surface area contributed by atoms with E-state index in [2.05, 4.69) is 20.9 Å². The SMILES string of the molecule is NC(=S)c1ccc(Cl)cc1OCc1cncc(Br)c1. The van der Waals surface area contributed by atoms with Crippen molar-refractivity contribution in [1.82, 2.24) is 4.98 Å². The highest BCUT2D eigenvalue weighted by molar-refractivity contribution is 9.10. The Morgan fingerprint density at radius 1 is 1.37 bits per heavy atom. The van der Waals surface area contributed by atoms with E-state index in [4.69, 9.17) is 34.3 Å². The molecular weight excluding hydrogens is 348 g/mol. The fourth-order valence-corrected chi connectivity index (χ4v) is 2.26. The molecule has 6 heteroatoms. The van der Waals surface area contributed by atoms with E-state index in [1.54, 1.807) is 30.6 Å². The van der Waals surface area contributed by atoms with Gasteiger partial charge in [0.15, 0.2) is 0 Å². The second-order valence-electron chi connectivity index (χ2n) is 3.80. The maximum atomic E-state index is 5.94. The second-order valence-corrected chi connectivity index (χ2v) is 5.60. The van der Waals surface area contributed by atoms with E-state index in [1.165, 1.54) is 0 Å². The number of hydrogen-bond acceptors (Lipinski definition) is 3. The summed E-state index contributed by atoms with van der Waals surface area (Å²) in [7, 11) is 0. The van der Waals surface area contributed by atoms with Gasteiger partial charge in [0.05, 0.1) is 5.56 Å². The number of pyridine rings is 1. The van der Waals surface area contributed by atoms with Gasteiger partial charge in [0.1, 0.15) is 17.3 Å². The average Bonchev–Trinajstić information content (AvgIpc) is 2.36. The van der Waals surface area contributed by atoms with E-state index in [9.17, 15) is 0 Å². The molecule has 0 radical (unpaired) electrons. The lowest BCUT2D eigenvalue weighted by atomic mass is 10.2. The van der Waals surface area contributed by atoms with Crippen molar-refractivity contribution < 1.29 is 4.74 Å². The highest BCUT2D eigenvalue weighted by Crippen LogP contribution is 2.24. The van der Waals surface area contributed by atoms with Gasteiger partial charge in [-0.1, -0.05) is 23.8 Å². The summed E-state index contributed by atoms with van der Waals surface area (Å²) in [5, 5.41) is 0.572. The monoisotopic (exact) mass is 356 g/mol. The van der Waals surface area contributed by atoms with Gasteiger partial charge in [-0.25, -0.2) is 0 Å². The Hall–Kier alpha value is -1.17. The number of thiocarbonyl (C=S) groups is 1. The van der Waals surface area contributed by atoms with Crippen LogP contribution in [0.25, 0.3) is 0 Å². The van der Waals surface area contributed by atoms with Gasteiger partial charge < -0.3 is 10.5 Å². The molecule has 0 saturated carbocycles. The molecular formula is C13H10BrClN2OS. The Kier molecular flexibility index (Phi) is 4.74. The summed E-state index contributed by atoms with van der Waals surface area (Å²) < 4.78 is 6.61. The minimum absolute atomic E-state index is 0.277. The van der Waals surface area contributed by atoms with Gasteiger partial charge in [0.2, 0.25) is 0 Å². The van der Waals surface area contributed by atoms with Crippen molar-refractivity contribution >= 4 is 44.7 Å². The standard InChI is InChI=1S/C13H10BrClN2OS/c14-9-3-8(5-17-6-9)7-18-12-4-10(15)1-2-11(12)13(16)19/h1-6H,7H2,(H2,16,19). The number of nitrogens with two attached hydrogens (primary N) is 1. The molecule has 1 aromatic heterocycles. The number of nitrogens with zero attached hydrogens (tertiary/aromatic N) is 1. The molecule has 19 heavy (non-hydrogen) atoms. The third kappa shape index (κ3) is 3.89. The fourth-order valence-electron chi connectivity index (χ4n) is 1.52. The van der Waals surface area contributed by atoms with Crippen LogP contribution in [0.15, 0.2) is 41.1 Å². The Morgan fingerprint density at radius 2 is 2.16 bits per heavy atom. The molecule has 0 amide bonds. The molecule has 1 aromatic carbocycles. The quantitative estimate of drug-likeness (QED) is 0.847. The highest BCUT2D eigenvalue weighted by atomic mass is 79.9. The molecule has 0 saturated heterocycles. The van der Waals surface area contributed by atoms with Crippen molar-refractivity contribution in [2.24, 2.45) is 5.73 Å². The number of rotatable bonds is 4. The topological polar surface area (TPSA) is 48.1 Å². The first-order valence-corrected chi connectivity index (χ1v) is 6.96. The van der Waals surface area contributed by atoms with E-state index in [0.717, 1.165) is 10.0 Å². The maximum absolute atomic E-state index is 5.94. The van der Waals surface area contributed by atoms with Gasteiger partial charge in [-0.2, -0.15) is 0 Å². The van der Waals surface area contributed by atoms with Crippen molar-refractivity contribution in [3.05, 3.63) is 57.3 Å². The molecule has 0 spiro atoms. The van der Waals surface area contributed by atoms with Crippen molar-refractivity contribution in [2.75, 3.05) is 0 Å². The van der Waals surface area contributed by atoms with E-state index >= 15 is 0 Å². The number of hydrogen-bond donors (Lipinski definition) is 1. The predicted octanol–water partition coefficient (Wildman–Crippen LogP) is 3.71. The number of ether oxygens (including phenoxy) is 1. The van der Waals surface area contributed by atoms with Gasteiger partial charge in [0.25, 0.3) is 0 Å². The lowest BCUT2D eigenvalue weighted by molar-refractivity contribution is 0.305. The molecule has 1 heterocycles. The van der Waals surface area contributed by atoms with Crippen LogP contribution in [0.1, 0.15) is 11.1 Å². The summed E-state index contributed by atoms with van der Waals surface area (Å²) in [6, 6.07) is 7.10. The minimum atomic E-state index is 0.277. The molecule has 0 bridgehead atoms. The van der Waals surface area contributed by atoms with Crippen LogP contribution in [-0.4, -0.2) is 9.97 Å². The van der Waals surface area contributed by atoms with Crippen LogP contribution >= 0.6 is 39.7 Å². The Bertz CT molecular complexity index is 621. The molecule has 0 atom stereocenters. The molecule has 3 nitrogen and oxygen atoms in total. The van der Waals surface area contributed by atoms with E-state index in [1.807, 2.05) is 6.07 Å². The molecule has 2 rings (SSSR count). The first-order valence-electron chi connectivity index (χ1n) is 5.38. The molecule has 0 aliphatic rings. The Labute approximate surface area is 129 Å². The number of aromatic nitrogens is 1. The van der Waals surface area contributed by atoms with Crippen LogP contribution in [0.5, 0.6) is 5.75 Å². The highest BCUT2D eigenvalue weighted by Gasteiger charge is 2.08. The van der Waals surface area contributed by atoms with Gasteiger partial charge in [0, 0.05) is 27.5 Å². The van der Waals surface area contributed by atoms with Crippen molar-refractivity contribution in [2.45, 2.75) is 6.61 Å². The summed E-state index contributed by atoms with van der Waals surface area (Å²) in [5.74, 6) is 0.569. The second kappa shape index (κ2) is 6.32. The van der Waals surface area contributed by atoms with Crippen molar-refractivity contribution in [3.8, 4) is 5.75 Å². The maximum Gasteiger partial charge on any atom is 0.131 e. The smallest absolute Gasteiger partial charge is 0.131 e. The van der Waals surface area contributed by atoms with Crippen molar-refractivity contribution in [1.29, 1.82) is 0 Å². The van der Waals surface area contributed by atoms with Gasteiger partial charge >= 0.3 is 0 Å². The largest absolute Gasteiger partial charge is 0.488 e. The molecule has 2 N–H and O–H groups in total. The lowest BCUT2D eigenvalue weighted by Gasteiger charge is -2.11. The summed E-state index contributed by atoms with van der Waals surface area (Å²) in [6.45, 7) is 0.363. The third-order valence-electron chi connectivity index (χ3n) is 2.36. The van der Waals surface area contributed by atoms with Crippen LogP contribution in [-0.2, 0) is 6.61 Å². The van der Waals surface area contributed by atoms with Crippen LogP contribution in [0, 0.1) is 0 Å². The van der Waals surface area contributed by atoms with E-state index < -0.39 is 0 Å². The average molecular weight is 358 g/mol. The Morgan fingerprint density at radius 3 is 2.84 bits per heavy atom. The van der Waals surface area contributed by atoms with Gasteiger partial charge in [-0.3, -0.25) is 4.98 Å². The molecule has 98 valence electrons. The predicted molar refractivity (Wildman–Crippen MR) is 83.6 cm³/mol. The molecule has 2 aromatic rings. The molecule has 0 fully saturated rings. The lowest BCUT2D eigenvalue weighted by Crippen LogP contribution is -2.11. The summed E-state index contributed by atoms with van der Waals surface area (Å²) >= 11 is 14.3. The molecule has 0 unspecified atom stereocenters. The zero-order valence-electron chi connectivity index (χ0n) is 9.77. The number of benzene rings is 1. The summed E-state index contributed by atoms with van der Waals surface area (Å²) in [4.78, 5) is 4.35. The third-order valence-corrected chi connectivity index (χ3v) is 3.25. The van der Waals surface area contributed by atoms with Crippen LogP contribution in [0.4, 0.5) is 0 Å². The van der Waals surface area contributed by atoms with Crippen molar-refractivity contribution in [3.63, 3.8) is 0 Å². The van der Waals surface area contributed by atoms with Crippen LogP contribution in [0.2, 0.25) is 5.02 Å². The first-order chi connectivity index (χ1) is 9.06.